The van der Waals surface area contributed by atoms with E-state index in [0.717, 1.165) is 16.7 Å². The molecule has 7 nitrogen and oxygen atoms in total. The van der Waals surface area contributed by atoms with Crippen LogP contribution in [0.5, 0.6) is 0 Å². The standard InChI is InChI=1S/C26H31O7P/c1-26(28,21-30-17-22-11-5-2-6-12-22)25(27)20-33-34(29,31-18-23-13-7-3-8-14-23)32-19-24-15-9-4-10-16-24/h2-16,25,27-28H,17-21H2,1H3/t25-,26?/m1/s1. The van der Waals surface area contributed by atoms with Gasteiger partial charge in [-0.2, -0.15) is 0 Å². The number of phosphoric ester groups is 1. The molecule has 3 aromatic carbocycles. The van der Waals surface area contributed by atoms with Crippen LogP contribution in [0.3, 0.4) is 0 Å². The van der Waals surface area contributed by atoms with Gasteiger partial charge in [-0.15, -0.1) is 0 Å². The number of phosphoric acid groups is 1. The summed E-state index contributed by atoms with van der Waals surface area (Å²) in [5.41, 5.74) is 0.878. The zero-order chi connectivity index (χ0) is 24.3. The minimum Gasteiger partial charge on any atom is -0.388 e. The third-order valence-electron chi connectivity index (χ3n) is 5.08. The van der Waals surface area contributed by atoms with Crippen LogP contribution >= 0.6 is 7.82 Å². The molecular weight excluding hydrogens is 455 g/mol. The highest BCUT2D eigenvalue weighted by atomic mass is 31.2. The highest BCUT2D eigenvalue weighted by Gasteiger charge is 2.35. The summed E-state index contributed by atoms with van der Waals surface area (Å²) >= 11 is 0. The van der Waals surface area contributed by atoms with Gasteiger partial charge in [-0.3, -0.25) is 13.6 Å². The van der Waals surface area contributed by atoms with E-state index >= 15 is 0 Å². The van der Waals surface area contributed by atoms with Gasteiger partial charge < -0.3 is 14.9 Å². The molecule has 0 fully saturated rings. The lowest BCUT2D eigenvalue weighted by atomic mass is 10.0. The maximum atomic E-state index is 13.3. The molecule has 0 aliphatic carbocycles. The molecule has 0 saturated carbocycles. The first-order valence-corrected chi connectivity index (χ1v) is 12.5. The van der Waals surface area contributed by atoms with Crippen molar-refractivity contribution < 1.29 is 33.1 Å². The monoisotopic (exact) mass is 486 g/mol. The van der Waals surface area contributed by atoms with Gasteiger partial charge in [-0.1, -0.05) is 91.0 Å². The predicted molar refractivity (Wildman–Crippen MR) is 129 cm³/mol. The second-order valence-corrected chi connectivity index (χ2v) is 9.78. The van der Waals surface area contributed by atoms with Gasteiger partial charge in [-0.25, -0.2) is 4.57 Å². The van der Waals surface area contributed by atoms with Crippen molar-refractivity contribution >= 4 is 7.82 Å². The number of aliphatic hydroxyl groups excluding tert-OH is 1. The van der Waals surface area contributed by atoms with Crippen LogP contribution in [0.2, 0.25) is 0 Å². The minimum atomic E-state index is -4.06. The van der Waals surface area contributed by atoms with E-state index in [1.807, 2.05) is 91.0 Å². The third kappa shape index (κ3) is 8.78. The van der Waals surface area contributed by atoms with Crippen LogP contribution < -0.4 is 0 Å². The maximum absolute atomic E-state index is 13.3. The van der Waals surface area contributed by atoms with E-state index in [1.165, 1.54) is 6.92 Å². The Labute approximate surface area is 200 Å². The maximum Gasteiger partial charge on any atom is 0.475 e. The molecule has 2 atom stereocenters. The van der Waals surface area contributed by atoms with E-state index in [2.05, 4.69) is 0 Å². The summed E-state index contributed by atoms with van der Waals surface area (Å²) < 4.78 is 35.3. The molecule has 182 valence electrons. The van der Waals surface area contributed by atoms with Crippen LogP contribution in [-0.2, 0) is 42.7 Å². The summed E-state index contributed by atoms with van der Waals surface area (Å²) in [7, 11) is -4.06. The summed E-state index contributed by atoms with van der Waals surface area (Å²) in [6.07, 6.45) is -1.39. The summed E-state index contributed by atoms with van der Waals surface area (Å²) in [6, 6.07) is 27.9. The van der Waals surface area contributed by atoms with Gasteiger partial charge in [0.25, 0.3) is 0 Å². The SMILES string of the molecule is CC(O)(COCc1ccccc1)[C@H](O)COP(=O)(OCc1ccccc1)OCc1ccccc1. The third-order valence-corrected chi connectivity index (χ3v) is 6.43. The Hall–Kier alpha value is -2.35. The number of hydrogen-bond donors (Lipinski definition) is 2. The molecular formula is C26H31O7P. The smallest absolute Gasteiger partial charge is 0.388 e. The molecule has 34 heavy (non-hydrogen) atoms. The van der Waals surface area contributed by atoms with Crippen LogP contribution in [0, 0.1) is 0 Å². The van der Waals surface area contributed by atoms with Gasteiger partial charge in [0.05, 0.1) is 33.0 Å². The van der Waals surface area contributed by atoms with Crippen molar-refractivity contribution in [1.82, 2.24) is 0 Å². The first-order chi connectivity index (χ1) is 16.4. The minimum absolute atomic E-state index is 0.000414. The summed E-state index contributed by atoms with van der Waals surface area (Å²) in [5.74, 6) is 0. The van der Waals surface area contributed by atoms with E-state index in [4.69, 9.17) is 18.3 Å². The lowest BCUT2D eigenvalue weighted by Gasteiger charge is -2.29. The highest BCUT2D eigenvalue weighted by molar-refractivity contribution is 7.48. The van der Waals surface area contributed by atoms with Crippen molar-refractivity contribution in [2.45, 2.75) is 38.4 Å². The van der Waals surface area contributed by atoms with E-state index in [1.54, 1.807) is 0 Å². The molecule has 0 radical (unpaired) electrons. The topological polar surface area (TPSA) is 94.5 Å². The molecule has 0 heterocycles. The van der Waals surface area contributed by atoms with Crippen molar-refractivity contribution in [3.8, 4) is 0 Å². The Kier molecular flexibility index (Phi) is 9.99. The number of aliphatic hydroxyl groups is 2. The number of rotatable bonds is 14. The molecule has 0 aromatic heterocycles. The quantitative estimate of drug-likeness (QED) is 0.314. The first-order valence-electron chi connectivity index (χ1n) is 11.0. The van der Waals surface area contributed by atoms with E-state index < -0.39 is 26.1 Å². The molecule has 0 aliphatic rings. The Morgan fingerprint density at radius 1 is 0.735 bits per heavy atom. The molecule has 8 heteroatoms. The fourth-order valence-electron chi connectivity index (χ4n) is 2.95. The number of ether oxygens (including phenoxy) is 1. The molecule has 0 bridgehead atoms. The molecule has 0 amide bonds. The van der Waals surface area contributed by atoms with Crippen molar-refractivity contribution in [2.75, 3.05) is 13.2 Å². The van der Waals surface area contributed by atoms with Crippen LogP contribution in [-0.4, -0.2) is 35.1 Å². The highest BCUT2D eigenvalue weighted by Crippen LogP contribution is 2.51. The first kappa shape index (κ1) is 26.3. The van der Waals surface area contributed by atoms with E-state index in [9.17, 15) is 14.8 Å². The summed E-state index contributed by atoms with van der Waals surface area (Å²) in [6.45, 7) is 1.09. The zero-order valence-electron chi connectivity index (χ0n) is 19.2. The molecule has 3 aromatic rings. The molecule has 1 unspecified atom stereocenters. The Balaban J connectivity index is 1.56. The molecule has 0 aliphatic heterocycles. The molecule has 3 rings (SSSR count). The van der Waals surface area contributed by atoms with Gasteiger partial charge in [0.1, 0.15) is 11.7 Å². The number of benzene rings is 3. The van der Waals surface area contributed by atoms with Crippen LogP contribution in [0.4, 0.5) is 0 Å². The fraction of sp³-hybridized carbons (Fsp3) is 0.308. The van der Waals surface area contributed by atoms with Crippen LogP contribution in [0.15, 0.2) is 91.0 Å². The average molecular weight is 487 g/mol. The Bertz CT molecular complexity index is 966. The van der Waals surface area contributed by atoms with Gasteiger partial charge in [-0.05, 0) is 23.6 Å². The van der Waals surface area contributed by atoms with Crippen molar-refractivity contribution in [3.63, 3.8) is 0 Å². The second kappa shape index (κ2) is 12.9. The fourth-order valence-corrected chi connectivity index (χ4v) is 4.12. The lowest BCUT2D eigenvalue weighted by Crippen LogP contribution is -2.46. The average Bonchev–Trinajstić information content (AvgIpc) is 2.87. The normalized spacial score (nSPS) is 14.4. The van der Waals surface area contributed by atoms with E-state index in [0.29, 0.717) is 0 Å². The summed E-state index contributed by atoms with van der Waals surface area (Å²) in [5, 5.41) is 21.2. The molecule has 0 saturated heterocycles. The predicted octanol–water partition coefficient (Wildman–Crippen LogP) is 4.87. The lowest BCUT2D eigenvalue weighted by molar-refractivity contribution is -0.125. The largest absolute Gasteiger partial charge is 0.475 e. The van der Waals surface area contributed by atoms with Gasteiger partial charge in [0.2, 0.25) is 0 Å². The summed E-state index contributed by atoms with van der Waals surface area (Å²) in [4.78, 5) is 0. The van der Waals surface area contributed by atoms with Crippen molar-refractivity contribution in [1.29, 1.82) is 0 Å². The molecule has 2 N–H and O–H groups in total. The van der Waals surface area contributed by atoms with Gasteiger partial charge >= 0.3 is 7.82 Å². The zero-order valence-corrected chi connectivity index (χ0v) is 20.1. The Morgan fingerprint density at radius 2 is 1.15 bits per heavy atom. The van der Waals surface area contributed by atoms with Crippen LogP contribution in [0.25, 0.3) is 0 Å². The van der Waals surface area contributed by atoms with Gasteiger partial charge in [0.15, 0.2) is 0 Å². The van der Waals surface area contributed by atoms with Gasteiger partial charge in [0, 0.05) is 0 Å². The van der Waals surface area contributed by atoms with Crippen molar-refractivity contribution in [2.24, 2.45) is 0 Å². The van der Waals surface area contributed by atoms with Crippen LogP contribution in [0.1, 0.15) is 23.6 Å². The number of hydrogen-bond acceptors (Lipinski definition) is 7. The second-order valence-electron chi connectivity index (χ2n) is 8.11. The Morgan fingerprint density at radius 3 is 1.59 bits per heavy atom. The molecule has 0 spiro atoms. The van der Waals surface area contributed by atoms with E-state index in [-0.39, 0.29) is 26.4 Å². The van der Waals surface area contributed by atoms with Crippen molar-refractivity contribution in [3.05, 3.63) is 108 Å².